The first-order chi connectivity index (χ1) is 14.2. The van der Waals surface area contributed by atoms with E-state index in [0.717, 1.165) is 71.4 Å². The van der Waals surface area contributed by atoms with E-state index in [1.54, 1.807) is 11.3 Å². The summed E-state index contributed by atoms with van der Waals surface area (Å²) in [5.74, 6) is 1.47. The summed E-state index contributed by atoms with van der Waals surface area (Å²) in [5, 5.41) is 10.3. The second-order valence-electron chi connectivity index (χ2n) is 8.17. The van der Waals surface area contributed by atoms with E-state index in [4.69, 9.17) is 14.7 Å². The SMILES string of the molecule is CCNC(=NCC(C(C)C)N1CCOCC1)NCCc1csc(N2CCCC2)n1.I. The van der Waals surface area contributed by atoms with Crippen LogP contribution < -0.4 is 15.5 Å². The van der Waals surface area contributed by atoms with Crippen LogP contribution in [0.1, 0.15) is 39.3 Å². The van der Waals surface area contributed by atoms with Crippen molar-refractivity contribution in [3.63, 3.8) is 0 Å². The molecule has 2 aliphatic heterocycles. The van der Waals surface area contributed by atoms with E-state index in [-0.39, 0.29) is 24.0 Å². The molecule has 30 heavy (non-hydrogen) atoms. The van der Waals surface area contributed by atoms with E-state index < -0.39 is 0 Å². The largest absolute Gasteiger partial charge is 0.379 e. The van der Waals surface area contributed by atoms with Crippen molar-refractivity contribution in [3.05, 3.63) is 11.1 Å². The monoisotopic (exact) mass is 550 g/mol. The molecule has 2 N–H and O–H groups in total. The molecule has 2 fully saturated rings. The molecule has 3 heterocycles. The minimum Gasteiger partial charge on any atom is -0.379 e. The van der Waals surface area contributed by atoms with Crippen molar-refractivity contribution >= 4 is 46.4 Å². The lowest BCUT2D eigenvalue weighted by Gasteiger charge is -2.36. The number of anilines is 1. The number of aromatic nitrogens is 1. The maximum Gasteiger partial charge on any atom is 0.191 e. The van der Waals surface area contributed by atoms with Gasteiger partial charge in [0, 0.05) is 57.1 Å². The van der Waals surface area contributed by atoms with Crippen LogP contribution in [0.3, 0.4) is 0 Å². The fraction of sp³-hybridized carbons (Fsp3) is 0.810. The molecule has 1 aromatic heterocycles. The molecular weight excluding hydrogens is 511 g/mol. The zero-order chi connectivity index (χ0) is 20.5. The number of nitrogens with one attached hydrogen (secondary N) is 2. The quantitative estimate of drug-likeness (QED) is 0.280. The van der Waals surface area contributed by atoms with Gasteiger partial charge in [-0.25, -0.2) is 4.98 Å². The smallest absolute Gasteiger partial charge is 0.191 e. The van der Waals surface area contributed by atoms with Crippen LogP contribution in [0.4, 0.5) is 5.13 Å². The number of halogens is 1. The van der Waals surface area contributed by atoms with Crippen LogP contribution in [0.2, 0.25) is 0 Å². The second-order valence-corrected chi connectivity index (χ2v) is 9.01. The molecule has 0 amide bonds. The van der Waals surface area contributed by atoms with Crippen molar-refractivity contribution in [2.24, 2.45) is 10.9 Å². The third-order valence-corrected chi connectivity index (χ3v) is 6.60. The number of nitrogens with zero attached hydrogens (tertiary/aromatic N) is 4. The van der Waals surface area contributed by atoms with Crippen molar-refractivity contribution in [2.45, 2.75) is 46.1 Å². The lowest BCUT2D eigenvalue weighted by Crippen LogP contribution is -2.48. The highest BCUT2D eigenvalue weighted by Crippen LogP contribution is 2.24. The van der Waals surface area contributed by atoms with Gasteiger partial charge >= 0.3 is 0 Å². The Hall–Kier alpha value is -0.650. The lowest BCUT2D eigenvalue weighted by atomic mass is 10.0. The summed E-state index contributed by atoms with van der Waals surface area (Å²) in [4.78, 5) is 14.6. The normalized spacial score (nSPS) is 19.1. The fourth-order valence-electron chi connectivity index (χ4n) is 3.96. The number of aliphatic imine (C=N–C) groups is 1. The van der Waals surface area contributed by atoms with E-state index in [1.165, 1.54) is 23.7 Å². The van der Waals surface area contributed by atoms with Gasteiger partial charge in [0.15, 0.2) is 11.1 Å². The molecule has 0 spiro atoms. The van der Waals surface area contributed by atoms with Crippen molar-refractivity contribution in [3.8, 4) is 0 Å². The summed E-state index contributed by atoms with van der Waals surface area (Å²) in [5.41, 5.74) is 1.17. The first kappa shape index (κ1) is 25.6. The van der Waals surface area contributed by atoms with Gasteiger partial charge in [-0.2, -0.15) is 0 Å². The molecule has 3 rings (SSSR count). The van der Waals surface area contributed by atoms with E-state index in [0.29, 0.717) is 12.0 Å². The number of ether oxygens (including phenoxy) is 1. The Kier molecular flexibility index (Phi) is 11.7. The van der Waals surface area contributed by atoms with Gasteiger partial charge in [-0.3, -0.25) is 9.89 Å². The third-order valence-electron chi connectivity index (χ3n) is 5.65. The van der Waals surface area contributed by atoms with E-state index in [9.17, 15) is 0 Å². The Labute approximate surface area is 203 Å². The van der Waals surface area contributed by atoms with Crippen LogP contribution >= 0.6 is 35.3 Å². The van der Waals surface area contributed by atoms with Gasteiger partial charge < -0.3 is 20.3 Å². The molecule has 1 atom stereocenters. The summed E-state index contributed by atoms with van der Waals surface area (Å²) >= 11 is 1.77. The highest BCUT2D eigenvalue weighted by molar-refractivity contribution is 14.0. The Morgan fingerprint density at radius 1 is 1.20 bits per heavy atom. The minimum atomic E-state index is 0. The van der Waals surface area contributed by atoms with E-state index in [1.807, 2.05) is 0 Å². The third kappa shape index (κ3) is 7.80. The number of hydrogen-bond acceptors (Lipinski definition) is 6. The number of rotatable bonds is 9. The Balaban J connectivity index is 0.00000320. The lowest BCUT2D eigenvalue weighted by molar-refractivity contribution is 0.00867. The molecule has 172 valence electrons. The molecule has 2 aliphatic rings. The zero-order valence-corrected chi connectivity index (χ0v) is 21.9. The number of thiazole rings is 1. The molecule has 0 aliphatic carbocycles. The summed E-state index contributed by atoms with van der Waals surface area (Å²) < 4.78 is 5.51. The summed E-state index contributed by atoms with van der Waals surface area (Å²) in [6.07, 6.45) is 3.51. The van der Waals surface area contributed by atoms with Gasteiger partial charge in [-0.15, -0.1) is 35.3 Å². The molecule has 9 heteroatoms. The van der Waals surface area contributed by atoms with E-state index >= 15 is 0 Å². The molecule has 7 nitrogen and oxygen atoms in total. The second kappa shape index (κ2) is 13.7. The maximum absolute atomic E-state index is 5.51. The molecule has 0 saturated carbocycles. The summed E-state index contributed by atoms with van der Waals surface area (Å²) in [7, 11) is 0. The van der Waals surface area contributed by atoms with Crippen molar-refractivity contribution in [1.29, 1.82) is 0 Å². The molecule has 0 aromatic carbocycles. The van der Waals surface area contributed by atoms with Gasteiger partial charge in [0.1, 0.15) is 0 Å². The Bertz CT molecular complexity index is 629. The predicted octanol–water partition coefficient (Wildman–Crippen LogP) is 2.82. The standard InChI is InChI=1S/C21H38N6OS.HI/c1-4-22-20(24-15-19(17(2)3)26-11-13-28-14-12-26)23-8-7-18-16-29-21(25-18)27-9-5-6-10-27;/h16-17,19H,4-15H2,1-3H3,(H2,22,23,24);1H. The summed E-state index contributed by atoms with van der Waals surface area (Å²) in [6.45, 7) is 15.2. The molecule has 1 aromatic rings. The predicted molar refractivity (Wildman–Crippen MR) is 138 cm³/mol. The molecule has 0 bridgehead atoms. The van der Waals surface area contributed by atoms with Gasteiger partial charge in [-0.1, -0.05) is 13.8 Å². The van der Waals surface area contributed by atoms with Crippen molar-refractivity contribution in [1.82, 2.24) is 20.5 Å². The average molecular weight is 551 g/mol. The molecule has 2 saturated heterocycles. The zero-order valence-electron chi connectivity index (χ0n) is 18.7. The molecule has 0 radical (unpaired) electrons. The summed E-state index contributed by atoms with van der Waals surface area (Å²) in [6, 6.07) is 0.455. The van der Waals surface area contributed by atoms with Gasteiger partial charge in [-0.05, 0) is 25.7 Å². The first-order valence-electron chi connectivity index (χ1n) is 11.2. The average Bonchev–Trinajstić information content (AvgIpc) is 3.40. The van der Waals surface area contributed by atoms with Gasteiger partial charge in [0.05, 0.1) is 25.5 Å². The molecular formula is C21H39IN6OS. The number of morpholine rings is 1. The highest BCUT2D eigenvalue weighted by atomic mass is 127. The minimum absolute atomic E-state index is 0. The van der Waals surface area contributed by atoms with Crippen LogP contribution in [0.25, 0.3) is 0 Å². The molecule has 1 unspecified atom stereocenters. The van der Waals surface area contributed by atoms with E-state index in [2.05, 4.69) is 46.6 Å². The highest BCUT2D eigenvalue weighted by Gasteiger charge is 2.23. The first-order valence-corrected chi connectivity index (χ1v) is 12.1. The Morgan fingerprint density at radius 3 is 2.60 bits per heavy atom. The number of guanidine groups is 1. The van der Waals surface area contributed by atoms with Crippen molar-refractivity contribution < 1.29 is 4.74 Å². The van der Waals surface area contributed by atoms with Crippen LogP contribution in [0.5, 0.6) is 0 Å². The number of hydrogen-bond donors (Lipinski definition) is 2. The fourth-order valence-corrected chi connectivity index (χ4v) is 4.87. The van der Waals surface area contributed by atoms with Crippen LogP contribution in [0, 0.1) is 5.92 Å². The van der Waals surface area contributed by atoms with Gasteiger partial charge in [0.25, 0.3) is 0 Å². The van der Waals surface area contributed by atoms with Crippen molar-refractivity contribution in [2.75, 3.05) is 63.9 Å². The van der Waals surface area contributed by atoms with Crippen LogP contribution in [0.15, 0.2) is 10.4 Å². The van der Waals surface area contributed by atoms with Crippen LogP contribution in [-0.2, 0) is 11.2 Å². The maximum atomic E-state index is 5.51. The van der Waals surface area contributed by atoms with Crippen LogP contribution in [-0.4, -0.2) is 80.9 Å². The van der Waals surface area contributed by atoms with Gasteiger partial charge in [0.2, 0.25) is 0 Å². The topological polar surface area (TPSA) is 65.0 Å². The Morgan fingerprint density at radius 2 is 1.93 bits per heavy atom.